The molecule has 0 atom stereocenters. The SMILES string of the molecule is CC(C)N(C)[C@H]1C[C@@H](CCc2nc3cc(C(C)(C)C)ccc3[nH]2)C1. The van der Waals surface area contributed by atoms with Crippen LogP contribution in [-0.2, 0) is 11.8 Å². The molecule has 24 heavy (non-hydrogen) atoms. The van der Waals surface area contributed by atoms with Crippen molar-refractivity contribution in [1.29, 1.82) is 0 Å². The molecule has 1 saturated carbocycles. The Labute approximate surface area is 146 Å². The lowest BCUT2D eigenvalue weighted by Gasteiger charge is -2.43. The summed E-state index contributed by atoms with van der Waals surface area (Å²) in [5.41, 5.74) is 3.82. The Balaban J connectivity index is 1.57. The number of benzene rings is 1. The van der Waals surface area contributed by atoms with Crippen molar-refractivity contribution >= 4 is 11.0 Å². The summed E-state index contributed by atoms with van der Waals surface area (Å²) in [6, 6.07) is 8.10. The standard InChI is InChI=1S/C21H33N3/c1-14(2)24(6)17-11-15(12-17)7-10-20-22-18-9-8-16(21(3,4)5)13-19(18)23-20/h8-9,13-15,17H,7,10-12H2,1-6H3,(H,22,23)/t15-,17+. The molecule has 1 N–H and O–H groups in total. The average Bonchev–Trinajstić information content (AvgIpc) is 2.85. The molecule has 0 unspecified atom stereocenters. The number of aryl methyl sites for hydroxylation is 1. The van der Waals surface area contributed by atoms with Gasteiger partial charge in [0.15, 0.2) is 0 Å². The first-order chi connectivity index (χ1) is 11.2. The van der Waals surface area contributed by atoms with Crippen molar-refractivity contribution in [1.82, 2.24) is 14.9 Å². The van der Waals surface area contributed by atoms with Crippen LogP contribution in [0.2, 0.25) is 0 Å². The van der Waals surface area contributed by atoms with Gasteiger partial charge >= 0.3 is 0 Å². The van der Waals surface area contributed by atoms with Crippen LogP contribution in [0.15, 0.2) is 18.2 Å². The molecule has 1 aliphatic carbocycles. The van der Waals surface area contributed by atoms with E-state index in [1.807, 2.05) is 0 Å². The zero-order chi connectivity index (χ0) is 17.5. The Kier molecular flexibility index (Phi) is 4.74. The molecule has 0 amide bonds. The van der Waals surface area contributed by atoms with Crippen LogP contribution in [-0.4, -0.2) is 34.0 Å². The quantitative estimate of drug-likeness (QED) is 0.846. The van der Waals surface area contributed by atoms with E-state index in [2.05, 4.69) is 69.7 Å². The number of aromatic nitrogens is 2. The van der Waals surface area contributed by atoms with E-state index in [1.54, 1.807) is 0 Å². The van der Waals surface area contributed by atoms with Gasteiger partial charge in [-0.05, 0) is 69.2 Å². The molecule has 1 heterocycles. The van der Waals surface area contributed by atoms with Crippen LogP contribution in [0, 0.1) is 5.92 Å². The normalized spacial score (nSPS) is 21.7. The van der Waals surface area contributed by atoms with Crippen LogP contribution in [0.3, 0.4) is 0 Å². The molecule has 3 nitrogen and oxygen atoms in total. The maximum atomic E-state index is 4.83. The van der Waals surface area contributed by atoms with E-state index in [9.17, 15) is 0 Å². The summed E-state index contributed by atoms with van der Waals surface area (Å²) in [7, 11) is 2.26. The van der Waals surface area contributed by atoms with E-state index in [4.69, 9.17) is 4.98 Å². The zero-order valence-corrected chi connectivity index (χ0v) is 16.2. The minimum absolute atomic E-state index is 0.177. The molecule has 0 radical (unpaired) electrons. The predicted octanol–water partition coefficient (Wildman–Crippen LogP) is 4.91. The van der Waals surface area contributed by atoms with Gasteiger partial charge in [0.1, 0.15) is 5.82 Å². The number of H-pyrrole nitrogens is 1. The van der Waals surface area contributed by atoms with Gasteiger partial charge in [0, 0.05) is 18.5 Å². The van der Waals surface area contributed by atoms with Gasteiger partial charge in [-0.25, -0.2) is 4.98 Å². The van der Waals surface area contributed by atoms with Gasteiger partial charge < -0.3 is 9.88 Å². The van der Waals surface area contributed by atoms with Crippen molar-refractivity contribution in [2.75, 3.05) is 7.05 Å². The van der Waals surface area contributed by atoms with Crippen molar-refractivity contribution in [2.45, 2.75) is 77.8 Å². The number of nitrogens with zero attached hydrogens (tertiary/aromatic N) is 2. The van der Waals surface area contributed by atoms with Crippen LogP contribution >= 0.6 is 0 Å². The van der Waals surface area contributed by atoms with Crippen molar-refractivity contribution in [3.05, 3.63) is 29.6 Å². The highest BCUT2D eigenvalue weighted by Gasteiger charge is 2.32. The Morgan fingerprint density at radius 1 is 1.25 bits per heavy atom. The Morgan fingerprint density at radius 2 is 1.96 bits per heavy atom. The van der Waals surface area contributed by atoms with E-state index < -0.39 is 0 Å². The zero-order valence-electron chi connectivity index (χ0n) is 16.2. The van der Waals surface area contributed by atoms with Crippen LogP contribution in [0.5, 0.6) is 0 Å². The monoisotopic (exact) mass is 327 g/mol. The van der Waals surface area contributed by atoms with Gasteiger partial charge in [-0.3, -0.25) is 0 Å². The maximum Gasteiger partial charge on any atom is 0.107 e. The second-order valence-corrected chi connectivity index (χ2v) is 8.95. The van der Waals surface area contributed by atoms with Crippen molar-refractivity contribution in [3.63, 3.8) is 0 Å². The van der Waals surface area contributed by atoms with E-state index >= 15 is 0 Å². The number of imidazole rings is 1. The van der Waals surface area contributed by atoms with Crippen LogP contribution in [0.4, 0.5) is 0 Å². The molecule has 0 saturated heterocycles. The minimum atomic E-state index is 0.177. The lowest BCUT2D eigenvalue weighted by Crippen LogP contribution is -2.45. The molecular formula is C21H33N3. The first-order valence-corrected chi connectivity index (χ1v) is 9.45. The van der Waals surface area contributed by atoms with Crippen molar-refractivity contribution in [3.8, 4) is 0 Å². The summed E-state index contributed by atoms with van der Waals surface area (Å²) in [5.74, 6) is 2.02. The third-order valence-electron chi connectivity index (χ3n) is 5.79. The fraction of sp³-hybridized carbons (Fsp3) is 0.667. The third kappa shape index (κ3) is 3.66. The topological polar surface area (TPSA) is 31.9 Å². The van der Waals surface area contributed by atoms with E-state index in [0.29, 0.717) is 6.04 Å². The molecule has 0 spiro atoms. The fourth-order valence-electron chi connectivity index (χ4n) is 3.67. The number of aromatic amines is 1. The van der Waals surface area contributed by atoms with Gasteiger partial charge in [-0.15, -0.1) is 0 Å². The molecule has 132 valence electrons. The average molecular weight is 328 g/mol. The van der Waals surface area contributed by atoms with Crippen LogP contribution in [0.1, 0.15) is 65.3 Å². The van der Waals surface area contributed by atoms with E-state index in [1.165, 1.54) is 30.3 Å². The Hall–Kier alpha value is -1.35. The lowest BCUT2D eigenvalue weighted by molar-refractivity contribution is 0.0730. The van der Waals surface area contributed by atoms with Crippen molar-refractivity contribution in [2.24, 2.45) is 5.92 Å². The number of fused-ring (bicyclic) bond motifs is 1. The van der Waals surface area contributed by atoms with E-state index in [0.717, 1.165) is 29.7 Å². The maximum absolute atomic E-state index is 4.83. The van der Waals surface area contributed by atoms with E-state index in [-0.39, 0.29) is 5.41 Å². The minimum Gasteiger partial charge on any atom is -0.342 e. The smallest absolute Gasteiger partial charge is 0.107 e. The number of hydrogen-bond acceptors (Lipinski definition) is 2. The predicted molar refractivity (Wildman–Crippen MR) is 103 cm³/mol. The highest BCUT2D eigenvalue weighted by molar-refractivity contribution is 5.76. The second kappa shape index (κ2) is 6.51. The molecular weight excluding hydrogens is 294 g/mol. The molecule has 0 aliphatic heterocycles. The summed E-state index contributed by atoms with van der Waals surface area (Å²) in [4.78, 5) is 10.9. The number of rotatable bonds is 5. The van der Waals surface area contributed by atoms with Gasteiger partial charge in [-0.1, -0.05) is 26.8 Å². The summed E-state index contributed by atoms with van der Waals surface area (Å²) >= 11 is 0. The largest absolute Gasteiger partial charge is 0.342 e. The van der Waals surface area contributed by atoms with Gasteiger partial charge in [0.25, 0.3) is 0 Å². The molecule has 1 aromatic carbocycles. The molecule has 1 aromatic heterocycles. The van der Waals surface area contributed by atoms with Gasteiger partial charge in [0.2, 0.25) is 0 Å². The molecule has 0 bridgehead atoms. The highest BCUT2D eigenvalue weighted by atomic mass is 15.2. The third-order valence-corrected chi connectivity index (χ3v) is 5.79. The molecule has 1 fully saturated rings. The first kappa shape index (κ1) is 17.5. The number of hydrogen-bond donors (Lipinski definition) is 1. The molecule has 2 aromatic rings. The van der Waals surface area contributed by atoms with Gasteiger partial charge in [0.05, 0.1) is 11.0 Å². The fourth-order valence-corrected chi connectivity index (χ4v) is 3.67. The van der Waals surface area contributed by atoms with Gasteiger partial charge in [-0.2, -0.15) is 0 Å². The Morgan fingerprint density at radius 3 is 2.58 bits per heavy atom. The Bertz CT molecular complexity index is 687. The summed E-state index contributed by atoms with van der Waals surface area (Å²) in [6.07, 6.45) is 5.03. The summed E-state index contributed by atoms with van der Waals surface area (Å²) in [5, 5.41) is 0. The summed E-state index contributed by atoms with van der Waals surface area (Å²) < 4.78 is 0. The van der Waals surface area contributed by atoms with Crippen molar-refractivity contribution < 1.29 is 0 Å². The van der Waals surface area contributed by atoms with Crippen LogP contribution in [0.25, 0.3) is 11.0 Å². The second-order valence-electron chi connectivity index (χ2n) is 8.95. The lowest BCUT2D eigenvalue weighted by atomic mass is 9.76. The molecule has 1 aliphatic rings. The molecule has 3 rings (SSSR count). The first-order valence-electron chi connectivity index (χ1n) is 9.45. The highest BCUT2D eigenvalue weighted by Crippen LogP contribution is 2.35. The summed E-state index contributed by atoms with van der Waals surface area (Å²) in [6.45, 7) is 11.3. The van der Waals surface area contributed by atoms with Crippen LogP contribution < -0.4 is 0 Å². The number of nitrogens with one attached hydrogen (secondary N) is 1. The molecule has 3 heteroatoms.